The van der Waals surface area contributed by atoms with Crippen molar-refractivity contribution in [2.24, 2.45) is 0 Å². The van der Waals surface area contributed by atoms with Crippen molar-refractivity contribution in [1.29, 1.82) is 0 Å². The lowest BCUT2D eigenvalue weighted by Crippen LogP contribution is -2.22. The fourth-order valence-corrected chi connectivity index (χ4v) is 2.78. The molecule has 1 unspecified atom stereocenters. The fourth-order valence-electron chi connectivity index (χ4n) is 1.92. The maximum atomic E-state index is 12.9. The van der Waals surface area contributed by atoms with Crippen LogP contribution in [0.15, 0.2) is 47.4 Å². The lowest BCUT2D eigenvalue weighted by Gasteiger charge is -2.15. The number of carbonyl (C=O) groups excluding carboxylic acids is 1. The highest BCUT2D eigenvalue weighted by Gasteiger charge is 2.17. The number of benzene rings is 2. The molecule has 2 aromatic rings. The van der Waals surface area contributed by atoms with E-state index in [0.717, 1.165) is 4.90 Å². The number of nitrogens with one attached hydrogen (secondary N) is 1. The molecule has 1 amide bonds. The molecular weight excluding hydrogens is 317 g/mol. The van der Waals surface area contributed by atoms with Crippen LogP contribution in [-0.2, 0) is 4.79 Å². The molecule has 0 aliphatic rings. The molecule has 1 N–H and O–H groups in total. The first-order valence-corrected chi connectivity index (χ1v) is 7.86. The van der Waals surface area contributed by atoms with Crippen LogP contribution in [0.5, 0.6) is 11.5 Å². The molecule has 1 atom stereocenters. The molecule has 0 heterocycles. The number of methoxy groups -OCH3 is 2. The van der Waals surface area contributed by atoms with Crippen LogP contribution in [0.25, 0.3) is 0 Å². The third kappa shape index (κ3) is 4.63. The van der Waals surface area contributed by atoms with E-state index in [1.54, 1.807) is 44.4 Å². The molecule has 6 heteroatoms. The first kappa shape index (κ1) is 17.1. The summed E-state index contributed by atoms with van der Waals surface area (Å²) in [5.41, 5.74) is 0.545. The van der Waals surface area contributed by atoms with Crippen molar-refractivity contribution in [3.63, 3.8) is 0 Å². The Morgan fingerprint density at radius 1 is 1.13 bits per heavy atom. The van der Waals surface area contributed by atoms with Gasteiger partial charge in [-0.1, -0.05) is 0 Å². The van der Waals surface area contributed by atoms with Crippen molar-refractivity contribution < 1.29 is 18.7 Å². The van der Waals surface area contributed by atoms with Crippen LogP contribution in [0.3, 0.4) is 0 Å². The Kier molecular flexibility index (Phi) is 5.87. The zero-order valence-corrected chi connectivity index (χ0v) is 13.9. The minimum atomic E-state index is -0.351. The van der Waals surface area contributed by atoms with E-state index in [0.29, 0.717) is 17.2 Å². The molecule has 0 saturated heterocycles. The van der Waals surface area contributed by atoms with Gasteiger partial charge in [-0.3, -0.25) is 4.79 Å². The summed E-state index contributed by atoms with van der Waals surface area (Å²) in [4.78, 5) is 13.2. The number of hydrogen-bond donors (Lipinski definition) is 1. The highest BCUT2D eigenvalue weighted by atomic mass is 32.2. The molecule has 2 aromatic carbocycles. The van der Waals surface area contributed by atoms with E-state index < -0.39 is 0 Å². The van der Waals surface area contributed by atoms with Crippen LogP contribution in [0.2, 0.25) is 0 Å². The zero-order chi connectivity index (χ0) is 16.8. The molecule has 0 aliphatic carbocycles. The third-order valence-corrected chi connectivity index (χ3v) is 4.27. The summed E-state index contributed by atoms with van der Waals surface area (Å²) in [6, 6.07) is 11.2. The van der Waals surface area contributed by atoms with Gasteiger partial charge in [0.2, 0.25) is 5.91 Å². The predicted molar refractivity (Wildman–Crippen MR) is 89.9 cm³/mol. The Labute approximate surface area is 139 Å². The van der Waals surface area contributed by atoms with Gasteiger partial charge in [0.05, 0.1) is 25.2 Å². The van der Waals surface area contributed by atoms with Gasteiger partial charge in [-0.15, -0.1) is 11.8 Å². The number of halogens is 1. The van der Waals surface area contributed by atoms with Crippen molar-refractivity contribution in [3.8, 4) is 11.5 Å². The smallest absolute Gasteiger partial charge is 0.237 e. The van der Waals surface area contributed by atoms with Gasteiger partial charge in [0, 0.05) is 11.0 Å². The monoisotopic (exact) mass is 335 g/mol. The van der Waals surface area contributed by atoms with Crippen LogP contribution in [0, 0.1) is 5.82 Å². The van der Waals surface area contributed by atoms with Gasteiger partial charge in [-0.2, -0.15) is 0 Å². The second-order valence-corrected chi connectivity index (χ2v) is 6.18. The number of amides is 1. The molecule has 122 valence electrons. The normalized spacial score (nSPS) is 11.7. The Bertz CT molecular complexity index is 676. The molecule has 0 bridgehead atoms. The maximum absolute atomic E-state index is 12.9. The minimum Gasteiger partial charge on any atom is -0.497 e. The molecule has 0 radical (unpaired) electrons. The Hall–Kier alpha value is -2.21. The summed E-state index contributed by atoms with van der Waals surface area (Å²) in [7, 11) is 3.09. The molecule has 0 fully saturated rings. The van der Waals surface area contributed by atoms with Crippen molar-refractivity contribution in [2.45, 2.75) is 17.1 Å². The van der Waals surface area contributed by atoms with Crippen LogP contribution < -0.4 is 14.8 Å². The molecule has 23 heavy (non-hydrogen) atoms. The summed E-state index contributed by atoms with van der Waals surface area (Å²) in [6.45, 7) is 1.79. The number of rotatable bonds is 6. The van der Waals surface area contributed by atoms with E-state index >= 15 is 0 Å². The van der Waals surface area contributed by atoms with Gasteiger partial charge in [0.25, 0.3) is 0 Å². The van der Waals surface area contributed by atoms with Crippen molar-refractivity contribution in [3.05, 3.63) is 48.3 Å². The maximum Gasteiger partial charge on any atom is 0.237 e. The summed E-state index contributed by atoms with van der Waals surface area (Å²) >= 11 is 1.35. The van der Waals surface area contributed by atoms with Crippen molar-refractivity contribution in [2.75, 3.05) is 19.5 Å². The number of carbonyl (C=O) groups is 1. The number of ether oxygens (including phenoxy) is 2. The van der Waals surface area contributed by atoms with Gasteiger partial charge in [0.15, 0.2) is 0 Å². The van der Waals surface area contributed by atoms with Crippen LogP contribution in [0.4, 0.5) is 10.1 Å². The Morgan fingerprint density at radius 2 is 1.83 bits per heavy atom. The average Bonchev–Trinajstić information content (AvgIpc) is 2.56. The van der Waals surface area contributed by atoms with E-state index in [1.165, 1.54) is 31.0 Å². The van der Waals surface area contributed by atoms with Crippen molar-refractivity contribution in [1.82, 2.24) is 0 Å². The highest BCUT2D eigenvalue weighted by Crippen LogP contribution is 2.30. The third-order valence-electron chi connectivity index (χ3n) is 3.16. The quantitative estimate of drug-likeness (QED) is 0.812. The molecule has 0 aliphatic heterocycles. The lowest BCUT2D eigenvalue weighted by molar-refractivity contribution is -0.115. The molecule has 0 aromatic heterocycles. The van der Waals surface area contributed by atoms with Gasteiger partial charge in [-0.25, -0.2) is 4.39 Å². The summed E-state index contributed by atoms with van der Waals surface area (Å²) in [5.74, 6) is 0.705. The zero-order valence-electron chi connectivity index (χ0n) is 13.1. The summed E-state index contributed by atoms with van der Waals surface area (Å²) in [6.07, 6.45) is 0. The summed E-state index contributed by atoms with van der Waals surface area (Å²) < 4.78 is 23.3. The van der Waals surface area contributed by atoms with Crippen LogP contribution in [-0.4, -0.2) is 25.4 Å². The number of hydrogen-bond acceptors (Lipinski definition) is 4. The minimum absolute atomic E-state index is 0.175. The largest absolute Gasteiger partial charge is 0.497 e. The topological polar surface area (TPSA) is 47.6 Å². The number of anilines is 1. The second-order valence-electron chi connectivity index (χ2n) is 4.77. The molecule has 0 spiro atoms. The van der Waals surface area contributed by atoms with Gasteiger partial charge < -0.3 is 14.8 Å². The second kappa shape index (κ2) is 7.87. The molecule has 2 rings (SSSR count). The molecular formula is C17H18FNO3S. The standard InChI is InChI=1S/C17H18FNO3S/c1-11(23-14-7-4-12(18)5-8-14)17(20)19-15-10-13(21-2)6-9-16(15)22-3/h4-11H,1-3H3,(H,19,20). The lowest BCUT2D eigenvalue weighted by atomic mass is 10.2. The van der Waals surface area contributed by atoms with Crippen molar-refractivity contribution >= 4 is 23.4 Å². The SMILES string of the molecule is COc1ccc(OC)c(NC(=O)C(C)Sc2ccc(F)cc2)c1. The van der Waals surface area contributed by atoms with E-state index in [-0.39, 0.29) is 17.0 Å². The van der Waals surface area contributed by atoms with E-state index in [2.05, 4.69) is 5.32 Å². The first-order valence-electron chi connectivity index (χ1n) is 6.98. The van der Waals surface area contributed by atoms with E-state index in [9.17, 15) is 9.18 Å². The van der Waals surface area contributed by atoms with Gasteiger partial charge in [0.1, 0.15) is 17.3 Å². The Morgan fingerprint density at radius 3 is 2.43 bits per heavy atom. The predicted octanol–water partition coefficient (Wildman–Crippen LogP) is 3.96. The summed E-state index contributed by atoms with van der Waals surface area (Å²) in [5, 5.41) is 2.48. The van der Waals surface area contributed by atoms with Crippen LogP contribution >= 0.6 is 11.8 Å². The highest BCUT2D eigenvalue weighted by molar-refractivity contribution is 8.00. The van der Waals surface area contributed by atoms with Gasteiger partial charge in [-0.05, 0) is 43.3 Å². The molecule has 0 saturated carbocycles. The van der Waals surface area contributed by atoms with Crippen LogP contribution in [0.1, 0.15) is 6.92 Å². The van der Waals surface area contributed by atoms with Gasteiger partial charge >= 0.3 is 0 Å². The molecule has 4 nitrogen and oxygen atoms in total. The first-order chi connectivity index (χ1) is 11.0. The number of thioether (sulfide) groups is 1. The fraction of sp³-hybridized carbons (Fsp3) is 0.235. The average molecular weight is 335 g/mol. The Balaban J connectivity index is 2.07. The van der Waals surface area contributed by atoms with E-state index in [1.807, 2.05) is 0 Å². The van der Waals surface area contributed by atoms with E-state index in [4.69, 9.17) is 9.47 Å².